The number of hydrogen-bond donors (Lipinski definition) is 1. The van der Waals surface area contributed by atoms with Crippen LogP contribution < -0.4 is 0 Å². The van der Waals surface area contributed by atoms with Gasteiger partial charge in [0.1, 0.15) is 5.69 Å². The first-order chi connectivity index (χ1) is 13.7. The summed E-state index contributed by atoms with van der Waals surface area (Å²) in [5, 5.41) is 4.23. The molecule has 1 N–H and O–H groups in total. The number of hydrogen-bond acceptors (Lipinski definition) is 6. The van der Waals surface area contributed by atoms with E-state index in [1.165, 1.54) is 0 Å². The first kappa shape index (κ1) is 17.1. The first-order valence-electron chi connectivity index (χ1n) is 9.52. The van der Waals surface area contributed by atoms with Crippen molar-refractivity contribution in [2.24, 2.45) is 0 Å². The van der Waals surface area contributed by atoms with Crippen LogP contribution in [-0.2, 0) is 17.7 Å². The van der Waals surface area contributed by atoms with E-state index in [1.54, 1.807) is 12.3 Å². The fourth-order valence-corrected chi connectivity index (χ4v) is 3.99. The quantitative estimate of drug-likeness (QED) is 0.751. The SMILES string of the molecule is Cc1ncc2c(c1-c1noc(C3CCOC3)n1)CCN(C(=O)c1ccc[nH]1)C2. The number of amides is 1. The average molecular weight is 379 g/mol. The van der Waals surface area contributed by atoms with Crippen molar-refractivity contribution in [3.63, 3.8) is 0 Å². The molecule has 2 aliphatic rings. The Hall–Kier alpha value is -3.00. The Bertz CT molecular complexity index is 1010. The highest BCUT2D eigenvalue weighted by atomic mass is 16.5. The van der Waals surface area contributed by atoms with Crippen LogP contribution in [0.15, 0.2) is 29.0 Å². The van der Waals surface area contributed by atoms with Gasteiger partial charge in [0.15, 0.2) is 0 Å². The number of pyridine rings is 1. The second kappa shape index (κ2) is 6.87. The molecule has 144 valence electrons. The maximum absolute atomic E-state index is 12.7. The van der Waals surface area contributed by atoms with Crippen LogP contribution in [0.25, 0.3) is 11.4 Å². The van der Waals surface area contributed by atoms with E-state index in [2.05, 4.69) is 20.1 Å². The minimum atomic E-state index is 0.000792. The Morgan fingerprint density at radius 3 is 3.11 bits per heavy atom. The second-order valence-corrected chi connectivity index (χ2v) is 7.30. The van der Waals surface area contributed by atoms with E-state index in [4.69, 9.17) is 9.26 Å². The van der Waals surface area contributed by atoms with Crippen LogP contribution in [0, 0.1) is 6.92 Å². The zero-order chi connectivity index (χ0) is 19.1. The Morgan fingerprint density at radius 2 is 2.32 bits per heavy atom. The molecule has 0 spiro atoms. The van der Waals surface area contributed by atoms with Crippen molar-refractivity contribution in [3.05, 3.63) is 52.9 Å². The molecule has 1 fully saturated rings. The van der Waals surface area contributed by atoms with Gasteiger partial charge in [0.2, 0.25) is 11.7 Å². The molecule has 1 saturated heterocycles. The van der Waals surface area contributed by atoms with E-state index >= 15 is 0 Å². The lowest BCUT2D eigenvalue weighted by Gasteiger charge is -2.29. The molecule has 0 aliphatic carbocycles. The fraction of sp³-hybridized carbons (Fsp3) is 0.400. The molecule has 3 aromatic rings. The summed E-state index contributed by atoms with van der Waals surface area (Å²) in [4.78, 5) is 26.7. The summed E-state index contributed by atoms with van der Waals surface area (Å²) in [6.45, 7) is 4.48. The smallest absolute Gasteiger partial charge is 0.270 e. The summed E-state index contributed by atoms with van der Waals surface area (Å²) >= 11 is 0. The van der Waals surface area contributed by atoms with Gasteiger partial charge in [0.25, 0.3) is 5.91 Å². The number of fused-ring (bicyclic) bond motifs is 1. The molecule has 1 amide bonds. The predicted octanol–water partition coefficient (Wildman–Crippen LogP) is 2.47. The highest BCUT2D eigenvalue weighted by Crippen LogP contribution is 2.32. The van der Waals surface area contributed by atoms with Crippen molar-refractivity contribution in [2.75, 3.05) is 19.8 Å². The van der Waals surface area contributed by atoms with Gasteiger partial charge in [0, 0.05) is 43.3 Å². The normalized spacial score (nSPS) is 19.0. The summed E-state index contributed by atoms with van der Waals surface area (Å²) in [7, 11) is 0. The summed E-state index contributed by atoms with van der Waals surface area (Å²) in [6.07, 6.45) is 5.25. The van der Waals surface area contributed by atoms with E-state index in [0.29, 0.717) is 37.1 Å². The maximum atomic E-state index is 12.7. The molecule has 0 aromatic carbocycles. The molecule has 2 aliphatic heterocycles. The molecular weight excluding hydrogens is 358 g/mol. The Morgan fingerprint density at radius 1 is 1.39 bits per heavy atom. The Labute approximate surface area is 161 Å². The largest absolute Gasteiger partial charge is 0.381 e. The van der Waals surface area contributed by atoms with Gasteiger partial charge in [-0.15, -0.1) is 0 Å². The van der Waals surface area contributed by atoms with E-state index < -0.39 is 0 Å². The second-order valence-electron chi connectivity index (χ2n) is 7.30. The molecule has 0 radical (unpaired) electrons. The molecule has 8 heteroatoms. The number of carbonyl (C=O) groups is 1. The zero-order valence-corrected chi connectivity index (χ0v) is 15.6. The maximum Gasteiger partial charge on any atom is 0.270 e. The highest BCUT2D eigenvalue weighted by molar-refractivity contribution is 5.92. The first-order valence-corrected chi connectivity index (χ1v) is 9.52. The van der Waals surface area contributed by atoms with Crippen molar-refractivity contribution in [2.45, 2.75) is 32.2 Å². The molecule has 0 bridgehead atoms. The summed E-state index contributed by atoms with van der Waals surface area (Å²) in [6, 6.07) is 3.63. The Kier molecular flexibility index (Phi) is 4.20. The minimum absolute atomic E-state index is 0.000792. The monoisotopic (exact) mass is 379 g/mol. The van der Waals surface area contributed by atoms with E-state index in [0.717, 1.165) is 41.8 Å². The van der Waals surface area contributed by atoms with Crippen LogP contribution in [0.1, 0.15) is 45.5 Å². The van der Waals surface area contributed by atoms with Crippen molar-refractivity contribution < 1.29 is 14.1 Å². The summed E-state index contributed by atoms with van der Waals surface area (Å²) in [5.74, 6) is 1.38. The standard InChI is InChI=1S/C20H21N5O3/c1-12-17(18-23-19(28-24-18)13-5-8-27-11-13)15-4-7-25(10-14(15)9-22-12)20(26)16-3-2-6-21-16/h2-3,6,9,13,21H,4-5,7-8,10-11H2,1H3. The lowest BCUT2D eigenvalue weighted by molar-refractivity contribution is 0.0729. The van der Waals surface area contributed by atoms with Crippen molar-refractivity contribution in [3.8, 4) is 11.4 Å². The highest BCUT2D eigenvalue weighted by Gasteiger charge is 2.29. The van der Waals surface area contributed by atoms with Gasteiger partial charge in [-0.3, -0.25) is 9.78 Å². The molecule has 3 aromatic heterocycles. The van der Waals surface area contributed by atoms with Crippen LogP contribution in [0.5, 0.6) is 0 Å². The molecule has 5 heterocycles. The van der Waals surface area contributed by atoms with Crippen LogP contribution >= 0.6 is 0 Å². The topological polar surface area (TPSA) is 97.1 Å². The summed E-state index contributed by atoms with van der Waals surface area (Å²) in [5.41, 5.74) is 4.59. The predicted molar refractivity (Wildman–Crippen MR) is 99.7 cm³/mol. The van der Waals surface area contributed by atoms with E-state index in [-0.39, 0.29) is 11.8 Å². The third-order valence-electron chi connectivity index (χ3n) is 5.52. The molecule has 8 nitrogen and oxygen atoms in total. The third kappa shape index (κ3) is 2.90. The number of nitrogens with one attached hydrogen (secondary N) is 1. The molecular formula is C20H21N5O3. The third-order valence-corrected chi connectivity index (χ3v) is 5.52. The number of aromatic nitrogens is 4. The molecule has 0 saturated carbocycles. The number of aryl methyl sites for hydroxylation is 1. The van der Waals surface area contributed by atoms with Crippen LogP contribution in [0.2, 0.25) is 0 Å². The van der Waals surface area contributed by atoms with Crippen molar-refractivity contribution >= 4 is 5.91 Å². The molecule has 1 unspecified atom stereocenters. The number of nitrogens with zero attached hydrogens (tertiary/aromatic N) is 4. The van der Waals surface area contributed by atoms with Gasteiger partial charge >= 0.3 is 0 Å². The van der Waals surface area contributed by atoms with Gasteiger partial charge in [-0.1, -0.05) is 5.16 Å². The van der Waals surface area contributed by atoms with Gasteiger partial charge in [-0.25, -0.2) is 0 Å². The number of rotatable bonds is 3. The number of aromatic amines is 1. The van der Waals surface area contributed by atoms with Crippen LogP contribution in [-0.4, -0.2) is 50.7 Å². The number of H-pyrrole nitrogens is 1. The fourth-order valence-electron chi connectivity index (χ4n) is 3.99. The zero-order valence-electron chi connectivity index (χ0n) is 15.6. The summed E-state index contributed by atoms with van der Waals surface area (Å²) < 4.78 is 10.9. The van der Waals surface area contributed by atoms with Crippen molar-refractivity contribution in [1.82, 2.24) is 25.0 Å². The van der Waals surface area contributed by atoms with E-state index in [9.17, 15) is 4.79 Å². The minimum Gasteiger partial charge on any atom is -0.381 e. The van der Waals surface area contributed by atoms with Gasteiger partial charge in [-0.2, -0.15) is 4.98 Å². The van der Waals surface area contributed by atoms with Crippen molar-refractivity contribution in [1.29, 1.82) is 0 Å². The van der Waals surface area contributed by atoms with E-state index in [1.807, 2.05) is 24.1 Å². The average Bonchev–Trinajstić information content (AvgIpc) is 3.49. The Balaban J connectivity index is 1.45. The number of ether oxygens (including phenoxy) is 1. The lowest BCUT2D eigenvalue weighted by atomic mass is 9.94. The van der Waals surface area contributed by atoms with Crippen LogP contribution in [0.3, 0.4) is 0 Å². The molecule has 5 rings (SSSR count). The van der Waals surface area contributed by atoms with Crippen LogP contribution in [0.4, 0.5) is 0 Å². The van der Waals surface area contributed by atoms with Gasteiger partial charge in [0.05, 0.1) is 12.5 Å². The van der Waals surface area contributed by atoms with Gasteiger partial charge in [-0.05, 0) is 43.0 Å². The lowest BCUT2D eigenvalue weighted by Crippen LogP contribution is -2.36. The molecule has 28 heavy (non-hydrogen) atoms. The number of carbonyl (C=O) groups excluding carboxylic acids is 1. The van der Waals surface area contributed by atoms with Gasteiger partial charge < -0.3 is 19.1 Å². The molecule has 1 atom stereocenters.